The van der Waals surface area contributed by atoms with E-state index in [9.17, 15) is 5.11 Å². The summed E-state index contributed by atoms with van der Waals surface area (Å²) >= 11 is 3.43. The van der Waals surface area contributed by atoms with Crippen LogP contribution < -0.4 is 4.74 Å². The molecule has 0 radical (unpaired) electrons. The second kappa shape index (κ2) is 5.61. The summed E-state index contributed by atoms with van der Waals surface area (Å²) in [6.07, 6.45) is 1.65. The first-order valence-electron chi connectivity index (χ1n) is 6.35. The normalized spacial score (nSPS) is 11.3. The Balaban J connectivity index is 2.02. The molecule has 1 heterocycles. The van der Waals surface area contributed by atoms with Gasteiger partial charge in [-0.3, -0.25) is 4.99 Å². The number of ether oxygens (including phenoxy) is 1. The van der Waals surface area contributed by atoms with Gasteiger partial charge < -0.3 is 14.8 Å². The third-order valence-electron chi connectivity index (χ3n) is 3.18. The molecule has 0 aliphatic rings. The quantitative estimate of drug-likeness (QED) is 0.692. The summed E-state index contributed by atoms with van der Waals surface area (Å²) in [7, 11) is 1.62. The molecule has 0 fully saturated rings. The number of aromatic amines is 1. The minimum atomic E-state index is 0.106. The van der Waals surface area contributed by atoms with Crippen molar-refractivity contribution in [1.82, 2.24) is 4.98 Å². The average molecular weight is 345 g/mol. The molecule has 106 valence electrons. The highest BCUT2D eigenvalue weighted by atomic mass is 79.9. The van der Waals surface area contributed by atoms with E-state index in [0.717, 1.165) is 26.8 Å². The second-order valence-corrected chi connectivity index (χ2v) is 5.45. The van der Waals surface area contributed by atoms with Gasteiger partial charge in [-0.15, -0.1) is 0 Å². The van der Waals surface area contributed by atoms with Crippen LogP contribution in [0.3, 0.4) is 0 Å². The molecule has 0 amide bonds. The van der Waals surface area contributed by atoms with Gasteiger partial charge in [0.15, 0.2) is 5.88 Å². The monoisotopic (exact) mass is 344 g/mol. The highest BCUT2D eigenvalue weighted by Gasteiger charge is 2.09. The number of fused-ring (bicyclic) bond motifs is 1. The van der Waals surface area contributed by atoms with E-state index in [4.69, 9.17) is 4.74 Å². The number of hydrogen-bond donors (Lipinski definition) is 2. The molecular formula is C16H13BrN2O2. The maximum absolute atomic E-state index is 10.0. The molecule has 0 spiro atoms. The molecule has 0 saturated carbocycles. The molecule has 4 nitrogen and oxygen atoms in total. The number of aliphatic imine (C=N–C) groups is 1. The van der Waals surface area contributed by atoms with E-state index in [0.29, 0.717) is 5.56 Å². The van der Waals surface area contributed by atoms with Gasteiger partial charge in [-0.2, -0.15) is 0 Å². The van der Waals surface area contributed by atoms with Crippen molar-refractivity contribution in [2.75, 3.05) is 7.11 Å². The van der Waals surface area contributed by atoms with E-state index < -0.39 is 0 Å². The Kier molecular flexibility index (Phi) is 3.66. The van der Waals surface area contributed by atoms with Crippen molar-refractivity contribution in [2.24, 2.45) is 4.99 Å². The Hall–Kier alpha value is -2.27. The van der Waals surface area contributed by atoms with Crippen LogP contribution in [0.5, 0.6) is 11.6 Å². The Morgan fingerprint density at radius 2 is 2.10 bits per heavy atom. The molecule has 0 bridgehead atoms. The van der Waals surface area contributed by atoms with Crippen LogP contribution in [0.1, 0.15) is 5.56 Å². The van der Waals surface area contributed by atoms with Crippen molar-refractivity contribution in [3.63, 3.8) is 0 Å². The zero-order valence-electron chi connectivity index (χ0n) is 11.3. The fraction of sp³-hybridized carbons (Fsp3) is 0.0625. The van der Waals surface area contributed by atoms with Gasteiger partial charge in [-0.1, -0.05) is 22.0 Å². The fourth-order valence-corrected chi connectivity index (χ4v) is 2.49. The highest BCUT2D eigenvalue weighted by Crippen LogP contribution is 2.29. The average Bonchev–Trinajstić information content (AvgIpc) is 2.80. The fourth-order valence-electron chi connectivity index (χ4n) is 2.13. The van der Waals surface area contributed by atoms with Gasteiger partial charge in [0, 0.05) is 27.7 Å². The third kappa shape index (κ3) is 2.78. The first-order chi connectivity index (χ1) is 10.2. The van der Waals surface area contributed by atoms with E-state index >= 15 is 0 Å². The first-order valence-corrected chi connectivity index (χ1v) is 7.15. The van der Waals surface area contributed by atoms with Gasteiger partial charge >= 0.3 is 0 Å². The summed E-state index contributed by atoms with van der Waals surface area (Å²) in [5.41, 5.74) is 2.29. The van der Waals surface area contributed by atoms with Crippen LogP contribution in [0.4, 0.5) is 5.69 Å². The molecule has 0 atom stereocenters. The van der Waals surface area contributed by atoms with E-state index in [1.54, 1.807) is 13.3 Å². The molecule has 2 N–H and O–H groups in total. The van der Waals surface area contributed by atoms with Gasteiger partial charge in [0.05, 0.1) is 18.4 Å². The van der Waals surface area contributed by atoms with Crippen molar-refractivity contribution in [1.29, 1.82) is 0 Å². The summed E-state index contributed by atoms with van der Waals surface area (Å²) in [6, 6.07) is 13.2. The van der Waals surface area contributed by atoms with Crippen LogP contribution in [0.25, 0.3) is 10.9 Å². The van der Waals surface area contributed by atoms with Gasteiger partial charge in [0.1, 0.15) is 5.75 Å². The van der Waals surface area contributed by atoms with Crippen molar-refractivity contribution in [3.8, 4) is 11.6 Å². The Morgan fingerprint density at radius 3 is 2.90 bits per heavy atom. The van der Waals surface area contributed by atoms with E-state index in [-0.39, 0.29) is 5.88 Å². The number of nitrogens with zero attached hydrogens (tertiary/aromatic N) is 1. The second-order valence-electron chi connectivity index (χ2n) is 4.54. The minimum Gasteiger partial charge on any atom is -0.497 e. The molecular weight excluding hydrogens is 332 g/mol. The maximum Gasteiger partial charge on any atom is 0.198 e. The lowest BCUT2D eigenvalue weighted by Crippen LogP contribution is -1.82. The molecule has 21 heavy (non-hydrogen) atoms. The van der Waals surface area contributed by atoms with E-state index in [1.807, 2.05) is 42.5 Å². The van der Waals surface area contributed by atoms with Crippen molar-refractivity contribution in [3.05, 3.63) is 52.5 Å². The largest absolute Gasteiger partial charge is 0.497 e. The summed E-state index contributed by atoms with van der Waals surface area (Å²) in [5, 5.41) is 10.9. The zero-order valence-corrected chi connectivity index (χ0v) is 12.9. The number of nitrogens with one attached hydrogen (secondary N) is 1. The summed E-state index contributed by atoms with van der Waals surface area (Å²) in [5.74, 6) is 0.852. The highest BCUT2D eigenvalue weighted by molar-refractivity contribution is 9.10. The maximum atomic E-state index is 10.0. The minimum absolute atomic E-state index is 0.106. The molecule has 0 aliphatic heterocycles. The lowest BCUT2D eigenvalue weighted by Gasteiger charge is -1.99. The molecule has 0 aliphatic carbocycles. The molecule has 2 aromatic carbocycles. The van der Waals surface area contributed by atoms with E-state index in [2.05, 4.69) is 25.9 Å². The summed E-state index contributed by atoms with van der Waals surface area (Å²) in [6.45, 7) is 0. The lowest BCUT2D eigenvalue weighted by atomic mass is 10.2. The van der Waals surface area contributed by atoms with Crippen molar-refractivity contribution in [2.45, 2.75) is 0 Å². The smallest absolute Gasteiger partial charge is 0.198 e. The zero-order chi connectivity index (χ0) is 14.8. The molecule has 0 unspecified atom stereocenters. The number of benzene rings is 2. The van der Waals surface area contributed by atoms with Crippen LogP contribution in [-0.2, 0) is 0 Å². The SMILES string of the molecule is COc1cccc(N=Cc2c(O)[nH]c3ccc(Br)cc23)c1. The van der Waals surface area contributed by atoms with Gasteiger partial charge in [-0.25, -0.2) is 0 Å². The van der Waals surface area contributed by atoms with Crippen LogP contribution in [0.15, 0.2) is 51.9 Å². The molecule has 0 saturated heterocycles. The number of aromatic nitrogens is 1. The van der Waals surface area contributed by atoms with Gasteiger partial charge in [-0.05, 0) is 30.3 Å². The van der Waals surface area contributed by atoms with Crippen LogP contribution >= 0.6 is 15.9 Å². The van der Waals surface area contributed by atoms with Crippen molar-refractivity contribution >= 4 is 38.7 Å². The number of H-pyrrole nitrogens is 1. The number of methoxy groups -OCH3 is 1. The van der Waals surface area contributed by atoms with Gasteiger partial charge in [0.2, 0.25) is 0 Å². The lowest BCUT2D eigenvalue weighted by molar-refractivity contribution is 0.415. The van der Waals surface area contributed by atoms with Crippen LogP contribution in [0.2, 0.25) is 0 Å². The first kappa shape index (κ1) is 13.7. The molecule has 5 heteroatoms. The van der Waals surface area contributed by atoms with Crippen LogP contribution in [-0.4, -0.2) is 23.4 Å². The third-order valence-corrected chi connectivity index (χ3v) is 3.67. The van der Waals surface area contributed by atoms with Gasteiger partial charge in [0.25, 0.3) is 0 Å². The number of hydrogen-bond acceptors (Lipinski definition) is 3. The Bertz CT molecular complexity index is 824. The molecule has 3 aromatic rings. The van der Waals surface area contributed by atoms with Crippen LogP contribution in [0, 0.1) is 0 Å². The number of halogens is 1. The standard InChI is InChI=1S/C16H13BrN2O2/c1-21-12-4-2-3-11(8-12)18-9-14-13-7-10(17)5-6-15(13)19-16(14)20/h2-9,19-20H,1H3. The van der Waals surface area contributed by atoms with Crippen molar-refractivity contribution < 1.29 is 9.84 Å². The molecule has 3 rings (SSSR count). The predicted octanol–water partition coefficient (Wildman–Crippen LogP) is 4.40. The Morgan fingerprint density at radius 1 is 1.24 bits per heavy atom. The Labute approximate surface area is 130 Å². The number of rotatable bonds is 3. The molecule has 1 aromatic heterocycles. The topological polar surface area (TPSA) is 57.6 Å². The number of aromatic hydroxyl groups is 1. The van der Waals surface area contributed by atoms with E-state index in [1.165, 1.54) is 0 Å². The summed E-state index contributed by atoms with van der Waals surface area (Å²) in [4.78, 5) is 7.33. The predicted molar refractivity (Wildman–Crippen MR) is 87.9 cm³/mol. The summed E-state index contributed by atoms with van der Waals surface area (Å²) < 4.78 is 6.12.